The van der Waals surface area contributed by atoms with Crippen LogP contribution in [0.5, 0.6) is 0 Å². The standard InChI is InChI=1S/C18H21FN4O2/c1-20-17(24)13-21-8-10-23(11-9-21)18(25)14-4-5-16(15(19)12-14)22-6-2-3-7-22/h2-7,12H,8-11,13H2,1H3,(H,20,24). The average molecular weight is 344 g/mol. The first-order valence-electron chi connectivity index (χ1n) is 8.23. The van der Waals surface area contributed by atoms with Crippen LogP contribution in [-0.4, -0.2) is 66.0 Å². The molecule has 2 amide bonds. The summed E-state index contributed by atoms with van der Waals surface area (Å²) in [5.74, 6) is -0.652. The molecule has 0 spiro atoms. The van der Waals surface area contributed by atoms with E-state index in [4.69, 9.17) is 0 Å². The molecule has 6 nitrogen and oxygen atoms in total. The highest BCUT2D eigenvalue weighted by atomic mass is 19.1. The van der Waals surface area contributed by atoms with Crippen molar-refractivity contribution in [3.63, 3.8) is 0 Å². The van der Waals surface area contributed by atoms with Gasteiger partial charge in [0.1, 0.15) is 5.82 Å². The van der Waals surface area contributed by atoms with E-state index in [1.807, 2.05) is 17.0 Å². The van der Waals surface area contributed by atoms with Crippen molar-refractivity contribution in [2.75, 3.05) is 39.8 Å². The number of likely N-dealkylation sites (N-methyl/N-ethyl adjacent to an activating group) is 1. The van der Waals surface area contributed by atoms with Gasteiger partial charge in [0.05, 0.1) is 12.2 Å². The van der Waals surface area contributed by atoms with Crippen LogP contribution in [-0.2, 0) is 4.79 Å². The fraction of sp³-hybridized carbons (Fsp3) is 0.333. The highest BCUT2D eigenvalue weighted by Gasteiger charge is 2.23. The van der Waals surface area contributed by atoms with Gasteiger partial charge in [0, 0.05) is 51.2 Å². The number of aromatic nitrogens is 1. The van der Waals surface area contributed by atoms with Crippen LogP contribution in [0.3, 0.4) is 0 Å². The first kappa shape index (κ1) is 17.2. The third-order valence-corrected chi connectivity index (χ3v) is 4.38. The molecule has 0 saturated carbocycles. The number of carbonyl (C=O) groups is 2. The Bertz CT molecular complexity index is 752. The number of nitrogens with one attached hydrogen (secondary N) is 1. The number of amides is 2. The number of benzene rings is 1. The van der Waals surface area contributed by atoms with E-state index < -0.39 is 5.82 Å². The minimum atomic E-state index is -0.430. The van der Waals surface area contributed by atoms with Crippen LogP contribution in [0, 0.1) is 5.82 Å². The van der Waals surface area contributed by atoms with Gasteiger partial charge in [-0.2, -0.15) is 0 Å². The lowest BCUT2D eigenvalue weighted by atomic mass is 10.1. The van der Waals surface area contributed by atoms with Gasteiger partial charge in [0.25, 0.3) is 5.91 Å². The highest BCUT2D eigenvalue weighted by molar-refractivity contribution is 5.94. The number of hydrogen-bond donors (Lipinski definition) is 1. The average Bonchev–Trinajstić information content (AvgIpc) is 3.16. The molecule has 25 heavy (non-hydrogen) atoms. The maximum absolute atomic E-state index is 14.3. The van der Waals surface area contributed by atoms with E-state index >= 15 is 0 Å². The molecule has 132 valence electrons. The Hall–Kier alpha value is -2.67. The molecule has 3 rings (SSSR count). The lowest BCUT2D eigenvalue weighted by molar-refractivity contribution is -0.122. The van der Waals surface area contributed by atoms with Crippen LogP contribution in [0.25, 0.3) is 5.69 Å². The minimum absolute atomic E-state index is 0.0394. The number of rotatable bonds is 4. The first-order valence-corrected chi connectivity index (χ1v) is 8.23. The van der Waals surface area contributed by atoms with Gasteiger partial charge in [-0.3, -0.25) is 14.5 Å². The molecule has 7 heteroatoms. The second-order valence-corrected chi connectivity index (χ2v) is 6.00. The van der Waals surface area contributed by atoms with Gasteiger partial charge in [0.2, 0.25) is 5.91 Å². The summed E-state index contributed by atoms with van der Waals surface area (Å²) < 4.78 is 16.0. The molecule has 0 radical (unpaired) electrons. The summed E-state index contributed by atoms with van der Waals surface area (Å²) in [5.41, 5.74) is 0.755. The lowest BCUT2D eigenvalue weighted by Crippen LogP contribution is -2.50. The molecule has 1 aliphatic rings. The molecule has 1 saturated heterocycles. The van der Waals surface area contributed by atoms with Crippen LogP contribution in [0.2, 0.25) is 0 Å². The van der Waals surface area contributed by atoms with Crippen molar-refractivity contribution < 1.29 is 14.0 Å². The topological polar surface area (TPSA) is 57.6 Å². The van der Waals surface area contributed by atoms with E-state index in [-0.39, 0.29) is 11.8 Å². The Morgan fingerprint density at radius 3 is 2.40 bits per heavy atom. The molecule has 0 bridgehead atoms. The van der Waals surface area contributed by atoms with E-state index in [2.05, 4.69) is 5.32 Å². The second kappa shape index (κ2) is 7.48. The third kappa shape index (κ3) is 3.88. The molecule has 0 aliphatic carbocycles. The van der Waals surface area contributed by atoms with Gasteiger partial charge in [0.15, 0.2) is 0 Å². The molecule has 1 aliphatic heterocycles. The predicted octanol–water partition coefficient (Wildman–Crippen LogP) is 1.12. The fourth-order valence-electron chi connectivity index (χ4n) is 2.92. The summed E-state index contributed by atoms with van der Waals surface area (Å²) in [4.78, 5) is 27.7. The molecule has 1 fully saturated rings. The van der Waals surface area contributed by atoms with Crippen molar-refractivity contribution in [2.45, 2.75) is 0 Å². The largest absolute Gasteiger partial charge is 0.358 e. The van der Waals surface area contributed by atoms with Crippen LogP contribution in [0.1, 0.15) is 10.4 Å². The smallest absolute Gasteiger partial charge is 0.254 e. The SMILES string of the molecule is CNC(=O)CN1CCN(C(=O)c2ccc(-n3cccc3)c(F)c2)CC1. The van der Waals surface area contributed by atoms with Crippen molar-refractivity contribution in [1.29, 1.82) is 0 Å². The van der Waals surface area contributed by atoms with E-state index in [9.17, 15) is 14.0 Å². The Morgan fingerprint density at radius 1 is 1.12 bits per heavy atom. The number of piperazine rings is 1. The van der Waals surface area contributed by atoms with Crippen molar-refractivity contribution in [2.24, 2.45) is 0 Å². The predicted molar refractivity (Wildman–Crippen MR) is 92.1 cm³/mol. The normalized spacial score (nSPS) is 15.2. The van der Waals surface area contributed by atoms with Gasteiger partial charge in [-0.25, -0.2) is 4.39 Å². The molecule has 0 unspecified atom stereocenters. The van der Waals surface area contributed by atoms with E-state index in [0.29, 0.717) is 44.0 Å². The zero-order valence-electron chi connectivity index (χ0n) is 14.1. The molecule has 2 heterocycles. The quantitative estimate of drug-likeness (QED) is 0.904. The zero-order valence-corrected chi connectivity index (χ0v) is 14.1. The Morgan fingerprint density at radius 2 is 1.80 bits per heavy atom. The Labute approximate surface area is 145 Å². The van der Waals surface area contributed by atoms with Crippen molar-refractivity contribution in [3.8, 4) is 5.69 Å². The van der Waals surface area contributed by atoms with E-state index in [1.165, 1.54) is 6.07 Å². The maximum Gasteiger partial charge on any atom is 0.254 e. The van der Waals surface area contributed by atoms with Crippen molar-refractivity contribution in [1.82, 2.24) is 19.7 Å². The summed E-state index contributed by atoms with van der Waals surface area (Å²) in [6, 6.07) is 8.18. The van der Waals surface area contributed by atoms with Crippen LogP contribution < -0.4 is 5.32 Å². The summed E-state index contributed by atoms with van der Waals surface area (Å²) >= 11 is 0. The number of nitrogens with zero attached hydrogens (tertiary/aromatic N) is 3. The summed E-state index contributed by atoms with van der Waals surface area (Å²) in [6.45, 7) is 2.64. The molecule has 2 aromatic rings. The minimum Gasteiger partial charge on any atom is -0.358 e. The lowest BCUT2D eigenvalue weighted by Gasteiger charge is -2.34. The molecular weight excluding hydrogens is 323 g/mol. The summed E-state index contributed by atoms with van der Waals surface area (Å²) in [6.07, 6.45) is 3.51. The zero-order chi connectivity index (χ0) is 17.8. The first-order chi connectivity index (χ1) is 12.1. The van der Waals surface area contributed by atoms with Gasteiger partial charge < -0.3 is 14.8 Å². The highest BCUT2D eigenvalue weighted by Crippen LogP contribution is 2.17. The number of halogens is 1. The van der Waals surface area contributed by atoms with Crippen LogP contribution >= 0.6 is 0 Å². The van der Waals surface area contributed by atoms with Gasteiger partial charge in [-0.15, -0.1) is 0 Å². The van der Waals surface area contributed by atoms with E-state index in [1.54, 1.807) is 41.0 Å². The van der Waals surface area contributed by atoms with Crippen molar-refractivity contribution in [3.05, 3.63) is 54.1 Å². The maximum atomic E-state index is 14.3. The second-order valence-electron chi connectivity index (χ2n) is 6.00. The fourth-order valence-corrected chi connectivity index (χ4v) is 2.92. The van der Waals surface area contributed by atoms with E-state index in [0.717, 1.165) is 0 Å². The molecule has 0 atom stereocenters. The van der Waals surface area contributed by atoms with Crippen LogP contribution in [0.4, 0.5) is 4.39 Å². The Balaban J connectivity index is 1.64. The summed E-state index contributed by atoms with van der Waals surface area (Å²) in [5, 5.41) is 2.59. The van der Waals surface area contributed by atoms with Crippen LogP contribution in [0.15, 0.2) is 42.7 Å². The number of hydrogen-bond acceptors (Lipinski definition) is 3. The molecule has 1 N–H and O–H groups in total. The Kier molecular flexibility index (Phi) is 5.14. The number of carbonyl (C=O) groups excluding carboxylic acids is 2. The monoisotopic (exact) mass is 344 g/mol. The third-order valence-electron chi connectivity index (χ3n) is 4.38. The summed E-state index contributed by atoms with van der Waals surface area (Å²) in [7, 11) is 1.61. The van der Waals surface area contributed by atoms with Gasteiger partial charge >= 0.3 is 0 Å². The molecule has 1 aromatic carbocycles. The molecule has 1 aromatic heterocycles. The van der Waals surface area contributed by atoms with Gasteiger partial charge in [-0.05, 0) is 30.3 Å². The van der Waals surface area contributed by atoms with Gasteiger partial charge in [-0.1, -0.05) is 0 Å². The van der Waals surface area contributed by atoms with Crippen molar-refractivity contribution >= 4 is 11.8 Å². The molecular formula is C18H21FN4O2.